The van der Waals surface area contributed by atoms with E-state index < -0.39 is 23.6 Å². The van der Waals surface area contributed by atoms with Gasteiger partial charge in [0, 0.05) is 86.9 Å². The Morgan fingerprint density at radius 1 is 0.615 bits per heavy atom. The minimum atomic E-state index is -0.518. The summed E-state index contributed by atoms with van der Waals surface area (Å²) in [5, 5.41) is 19.4. The highest BCUT2D eigenvalue weighted by molar-refractivity contribution is 9.10. The molecular formula is C45H40Br2Cl2N10O6. The van der Waals surface area contributed by atoms with Gasteiger partial charge in [-0.3, -0.25) is 29.6 Å². The lowest BCUT2D eigenvalue weighted by molar-refractivity contribution is 0.101. The third kappa shape index (κ3) is 13.1. The molecule has 0 radical (unpaired) electrons. The van der Waals surface area contributed by atoms with E-state index in [2.05, 4.69) is 68.1 Å². The summed E-state index contributed by atoms with van der Waals surface area (Å²) in [6, 6.07) is 25.8. The number of methoxy groups -OCH3 is 2. The van der Waals surface area contributed by atoms with Crippen LogP contribution >= 0.6 is 55.1 Å². The average Bonchev–Trinajstić information content (AvgIpc) is 3.30. The Balaban J connectivity index is 0.000000244. The largest absolute Gasteiger partial charge is 0.494 e. The molecule has 16 nitrogen and oxygen atoms in total. The van der Waals surface area contributed by atoms with Crippen molar-refractivity contribution in [1.29, 1.82) is 5.41 Å². The number of amidine groups is 2. The number of nitrogens with zero attached hydrogens (tertiary/aromatic N) is 4. The monoisotopic (exact) mass is 1040 g/mol. The second-order valence-corrected chi connectivity index (χ2v) is 16.3. The lowest BCUT2D eigenvalue weighted by atomic mass is 10.1. The van der Waals surface area contributed by atoms with E-state index in [0.29, 0.717) is 45.6 Å². The molecule has 0 saturated carbocycles. The van der Waals surface area contributed by atoms with Crippen LogP contribution in [0.2, 0.25) is 10.0 Å². The van der Waals surface area contributed by atoms with Crippen LogP contribution in [0.5, 0.6) is 11.5 Å². The molecule has 0 bridgehead atoms. The van der Waals surface area contributed by atoms with Crippen molar-refractivity contribution in [2.24, 2.45) is 10.7 Å². The molecular weight excluding hydrogens is 1010 g/mol. The van der Waals surface area contributed by atoms with Gasteiger partial charge in [0.1, 0.15) is 34.8 Å². The van der Waals surface area contributed by atoms with Crippen molar-refractivity contribution in [2.75, 3.05) is 56.6 Å². The molecule has 334 valence electrons. The summed E-state index contributed by atoms with van der Waals surface area (Å²) in [6.07, 6.45) is 3.10. The van der Waals surface area contributed by atoms with Gasteiger partial charge >= 0.3 is 0 Å². The number of benzene rings is 4. The number of rotatable bonds is 12. The second kappa shape index (κ2) is 22.7. The molecule has 4 aromatic carbocycles. The number of carbonyl (C=O) groups excluding carboxylic acids is 4. The number of pyridine rings is 2. The fourth-order valence-electron chi connectivity index (χ4n) is 5.70. The standard InChI is InChI=1S/C23H21BrClN5O3.C22H19BrClN5O3/c1-30(2)21(26)13-4-6-14(7-5-13)22(31)29-20-17(10-16(25)11-18(20)33-3)23(32)28-19-9-8-15(24)12-27-19;1-26-20(25)12-3-5-13(6-4-12)21(30)29-19-16(9-15(24)10-17(19)32-2)22(31)28-18-8-7-14(23)11-27-18/h4-12,26H,1-3H3,(H,29,31)(H,27,28,32);3-11H,1-2H3,(H2,25,26)(H,29,30)(H,27,28,31). The molecule has 0 fully saturated rings. The van der Waals surface area contributed by atoms with Crippen molar-refractivity contribution in [2.45, 2.75) is 0 Å². The van der Waals surface area contributed by atoms with Crippen LogP contribution in [-0.2, 0) is 0 Å². The van der Waals surface area contributed by atoms with Crippen LogP contribution in [0.25, 0.3) is 0 Å². The van der Waals surface area contributed by atoms with Crippen LogP contribution in [0.3, 0.4) is 0 Å². The van der Waals surface area contributed by atoms with Crippen LogP contribution in [0, 0.1) is 5.41 Å². The third-order valence-corrected chi connectivity index (χ3v) is 10.4. The van der Waals surface area contributed by atoms with Crippen LogP contribution in [-0.4, -0.2) is 85.5 Å². The second-order valence-electron chi connectivity index (χ2n) is 13.6. The molecule has 2 heterocycles. The zero-order valence-electron chi connectivity index (χ0n) is 35.2. The summed E-state index contributed by atoms with van der Waals surface area (Å²) in [5.41, 5.74) is 8.44. The molecule has 7 N–H and O–H groups in total. The van der Waals surface area contributed by atoms with Gasteiger partial charge < -0.3 is 41.4 Å². The van der Waals surface area contributed by atoms with Crippen LogP contribution in [0.4, 0.5) is 23.0 Å². The minimum Gasteiger partial charge on any atom is -0.494 e. The number of hydrogen-bond donors (Lipinski definition) is 6. The molecule has 0 unspecified atom stereocenters. The van der Waals surface area contributed by atoms with E-state index in [1.54, 1.807) is 111 Å². The molecule has 2 aromatic heterocycles. The number of anilines is 4. The number of halogens is 4. The maximum atomic E-state index is 13.0. The minimum absolute atomic E-state index is 0.114. The zero-order chi connectivity index (χ0) is 47.4. The van der Waals surface area contributed by atoms with Crippen LogP contribution < -0.4 is 36.5 Å². The van der Waals surface area contributed by atoms with E-state index in [1.165, 1.54) is 38.5 Å². The smallest absolute Gasteiger partial charge is 0.259 e. The van der Waals surface area contributed by atoms with Crippen molar-refractivity contribution in [1.82, 2.24) is 14.9 Å². The molecule has 0 atom stereocenters. The van der Waals surface area contributed by atoms with Gasteiger partial charge in [-0.25, -0.2) is 9.97 Å². The average molecular weight is 1050 g/mol. The van der Waals surface area contributed by atoms with Gasteiger partial charge in [-0.2, -0.15) is 0 Å². The summed E-state index contributed by atoms with van der Waals surface area (Å²) in [5.74, 6) is -0.116. The Morgan fingerprint density at radius 3 is 1.34 bits per heavy atom. The van der Waals surface area contributed by atoms with Gasteiger partial charge in [0.15, 0.2) is 0 Å². The SMILES string of the molecule is CN=C(N)c1ccc(C(=O)Nc2c(OC)cc(Cl)cc2C(=O)Nc2ccc(Br)cn2)cc1.COc1cc(Cl)cc(C(=O)Nc2ccc(Br)cn2)c1NC(=O)c1ccc(C(=N)N(C)C)cc1. The normalized spacial score (nSPS) is 10.7. The molecule has 4 amide bonds. The molecule has 0 spiro atoms. The fourth-order valence-corrected chi connectivity index (χ4v) is 6.58. The van der Waals surface area contributed by atoms with Gasteiger partial charge in [-0.1, -0.05) is 47.5 Å². The topological polar surface area (TPSA) is 226 Å². The van der Waals surface area contributed by atoms with Crippen molar-refractivity contribution < 1.29 is 28.7 Å². The highest BCUT2D eigenvalue weighted by Crippen LogP contribution is 2.35. The molecule has 6 rings (SSSR count). The number of nitrogens with two attached hydrogens (primary N) is 1. The third-order valence-electron chi connectivity index (χ3n) is 9.03. The molecule has 6 aromatic rings. The number of hydrogen-bond acceptors (Lipinski definition) is 10. The quantitative estimate of drug-likeness (QED) is 0.0503. The van der Waals surface area contributed by atoms with Gasteiger partial charge in [0.25, 0.3) is 23.6 Å². The summed E-state index contributed by atoms with van der Waals surface area (Å²) in [6.45, 7) is 0. The molecule has 0 aliphatic carbocycles. The molecule has 0 saturated heterocycles. The predicted molar refractivity (Wildman–Crippen MR) is 262 cm³/mol. The number of carbonyl (C=O) groups is 4. The van der Waals surface area contributed by atoms with Gasteiger partial charge in [0.05, 0.1) is 36.7 Å². The van der Waals surface area contributed by atoms with Crippen molar-refractivity contribution in [3.63, 3.8) is 0 Å². The number of amides is 4. The summed E-state index contributed by atoms with van der Waals surface area (Å²) in [4.78, 5) is 65.6. The number of aromatic nitrogens is 2. The van der Waals surface area contributed by atoms with E-state index in [0.717, 1.165) is 8.95 Å². The fraction of sp³-hybridized carbons (Fsp3) is 0.111. The van der Waals surface area contributed by atoms with Crippen LogP contribution in [0.15, 0.2) is 123 Å². The van der Waals surface area contributed by atoms with Gasteiger partial charge in [0.2, 0.25) is 0 Å². The van der Waals surface area contributed by atoms with E-state index in [9.17, 15) is 19.2 Å². The lowest BCUT2D eigenvalue weighted by Gasteiger charge is -2.16. The van der Waals surface area contributed by atoms with Crippen molar-refractivity contribution in [3.05, 3.63) is 162 Å². The Labute approximate surface area is 400 Å². The highest BCUT2D eigenvalue weighted by Gasteiger charge is 2.23. The highest BCUT2D eigenvalue weighted by atomic mass is 79.9. The maximum absolute atomic E-state index is 13.0. The first-order chi connectivity index (χ1) is 31.0. The van der Waals surface area contributed by atoms with Gasteiger partial charge in [-0.05, 0) is 92.5 Å². The maximum Gasteiger partial charge on any atom is 0.259 e. The number of ether oxygens (including phenoxy) is 2. The van der Waals surface area contributed by atoms with Gasteiger partial charge in [-0.15, -0.1) is 0 Å². The first-order valence-electron chi connectivity index (χ1n) is 18.9. The number of nitrogens with one attached hydrogen (secondary N) is 5. The van der Waals surface area contributed by atoms with E-state index in [4.69, 9.17) is 43.8 Å². The molecule has 0 aliphatic rings. The van der Waals surface area contributed by atoms with Crippen molar-refractivity contribution in [3.8, 4) is 11.5 Å². The predicted octanol–water partition coefficient (Wildman–Crippen LogP) is 9.24. The summed E-state index contributed by atoms with van der Waals surface area (Å²) in [7, 11) is 7.96. The molecule has 0 aliphatic heterocycles. The Bertz CT molecular complexity index is 2760. The summed E-state index contributed by atoms with van der Waals surface area (Å²) >= 11 is 18.9. The molecule has 20 heteroatoms. The lowest BCUT2D eigenvalue weighted by Crippen LogP contribution is -2.22. The zero-order valence-corrected chi connectivity index (χ0v) is 39.9. The van der Waals surface area contributed by atoms with E-state index in [1.807, 2.05) is 0 Å². The van der Waals surface area contributed by atoms with E-state index >= 15 is 0 Å². The van der Waals surface area contributed by atoms with Crippen LogP contribution in [0.1, 0.15) is 52.6 Å². The Morgan fingerprint density at radius 2 is 1.00 bits per heavy atom. The number of aliphatic imine (C=N–C) groups is 1. The molecule has 65 heavy (non-hydrogen) atoms. The summed E-state index contributed by atoms with van der Waals surface area (Å²) < 4.78 is 12.3. The van der Waals surface area contributed by atoms with Crippen molar-refractivity contribution >= 4 is 113 Å². The van der Waals surface area contributed by atoms with E-state index in [-0.39, 0.29) is 44.0 Å². The first kappa shape index (κ1) is 49.2. The first-order valence-corrected chi connectivity index (χ1v) is 21.3. The Hall–Kier alpha value is -6.86. The Kier molecular flexibility index (Phi) is 17.1.